The van der Waals surface area contributed by atoms with Gasteiger partial charge in [0.25, 0.3) is 0 Å². The molecule has 1 aromatic carbocycles. The van der Waals surface area contributed by atoms with Gasteiger partial charge in [-0.15, -0.1) is 10.2 Å². The number of carbonyl (C=O) groups excluding carboxylic acids is 1. The van der Waals surface area contributed by atoms with Crippen molar-refractivity contribution in [2.75, 3.05) is 7.11 Å². The average molecular weight is 427 g/mol. The minimum atomic E-state index is -0.270. The Labute approximate surface area is 180 Å². The topological polar surface area (TPSA) is 82.2 Å². The molecule has 1 aliphatic carbocycles. The zero-order valence-corrected chi connectivity index (χ0v) is 18.0. The van der Waals surface area contributed by atoms with Gasteiger partial charge >= 0.3 is 0 Å². The zero-order valence-electron chi connectivity index (χ0n) is 17.2. The largest absolute Gasteiger partial charge is 0.497 e. The van der Waals surface area contributed by atoms with Gasteiger partial charge in [-0.2, -0.15) is 0 Å². The van der Waals surface area contributed by atoms with Gasteiger partial charge in [-0.3, -0.25) is 9.36 Å². The fraction of sp³-hybridized carbons (Fsp3) is 0.409. The maximum atomic E-state index is 12.7. The Kier molecular flexibility index (Phi) is 6.42. The summed E-state index contributed by atoms with van der Waals surface area (Å²) in [4.78, 5) is 12.7. The number of methoxy groups -OCH3 is 1. The molecule has 1 amide bonds. The molecular formula is C22H26N4O3S. The van der Waals surface area contributed by atoms with E-state index in [-0.39, 0.29) is 11.2 Å². The maximum absolute atomic E-state index is 12.7. The lowest BCUT2D eigenvalue weighted by molar-refractivity contribution is -0.120. The maximum Gasteiger partial charge on any atom is 0.233 e. The first-order chi connectivity index (χ1) is 14.6. The summed E-state index contributed by atoms with van der Waals surface area (Å²) in [5.74, 6) is 2.35. The van der Waals surface area contributed by atoms with E-state index in [2.05, 4.69) is 15.5 Å². The van der Waals surface area contributed by atoms with E-state index >= 15 is 0 Å². The zero-order chi connectivity index (χ0) is 20.9. The normalized spacial score (nSPS) is 15.3. The molecule has 0 radical (unpaired) electrons. The van der Waals surface area contributed by atoms with E-state index in [1.54, 1.807) is 13.4 Å². The first-order valence-electron chi connectivity index (χ1n) is 10.2. The average Bonchev–Trinajstić information content (AvgIpc) is 3.52. The monoisotopic (exact) mass is 426 g/mol. The van der Waals surface area contributed by atoms with Crippen LogP contribution >= 0.6 is 11.8 Å². The molecule has 4 rings (SSSR count). The second-order valence-electron chi connectivity index (χ2n) is 7.45. The van der Waals surface area contributed by atoms with Gasteiger partial charge in [-0.1, -0.05) is 24.6 Å². The number of amides is 1. The van der Waals surface area contributed by atoms with Gasteiger partial charge in [0.15, 0.2) is 11.0 Å². The Hall–Kier alpha value is -2.74. The molecule has 158 valence electrons. The molecule has 0 saturated heterocycles. The number of hydrogen-bond acceptors (Lipinski definition) is 6. The van der Waals surface area contributed by atoms with Gasteiger partial charge in [0.2, 0.25) is 5.91 Å². The first kappa shape index (κ1) is 20.5. The number of benzene rings is 1. The van der Waals surface area contributed by atoms with E-state index in [0.29, 0.717) is 17.7 Å². The molecule has 0 aliphatic heterocycles. The van der Waals surface area contributed by atoms with Gasteiger partial charge in [0, 0.05) is 11.6 Å². The number of thioether (sulfide) groups is 1. The Morgan fingerprint density at radius 2 is 2.03 bits per heavy atom. The second-order valence-corrected chi connectivity index (χ2v) is 8.76. The number of nitrogens with zero attached hydrogens (tertiary/aromatic N) is 3. The van der Waals surface area contributed by atoms with Gasteiger partial charge < -0.3 is 14.5 Å². The number of rotatable bonds is 8. The third-order valence-corrected chi connectivity index (χ3v) is 6.39. The smallest absolute Gasteiger partial charge is 0.233 e. The highest BCUT2D eigenvalue weighted by Gasteiger charge is 2.24. The summed E-state index contributed by atoms with van der Waals surface area (Å²) >= 11 is 1.42. The van der Waals surface area contributed by atoms with Crippen molar-refractivity contribution in [2.45, 2.75) is 55.6 Å². The van der Waals surface area contributed by atoms with E-state index in [1.807, 2.05) is 47.9 Å². The van der Waals surface area contributed by atoms with Crippen molar-refractivity contribution < 1.29 is 13.9 Å². The minimum absolute atomic E-state index is 0.0467. The van der Waals surface area contributed by atoms with Gasteiger partial charge in [0.1, 0.15) is 11.5 Å². The highest BCUT2D eigenvalue weighted by Crippen LogP contribution is 2.29. The van der Waals surface area contributed by atoms with Crippen LogP contribution in [0.5, 0.6) is 5.75 Å². The molecule has 0 spiro atoms. The molecule has 8 heteroatoms. The number of furan rings is 1. The Morgan fingerprint density at radius 3 is 2.70 bits per heavy atom. The number of hydrogen-bond donors (Lipinski definition) is 1. The highest BCUT2D eigenvalue weighted by atomic mass is 32.2. The van der Waals surface area contributed by atoms with E-state index in [0.717, 1.165) is 35.7 Å². The van der Waals surface area contributed by atoms with Crippen LogP contribution in [0, 0.1) is 0 Å². The van der Waals surface area contributed by atoms with Crippen LogP contribution in [0.25, 0.3) is 11.4 Å². The number of ether oxygens (including phenoxy) is 1. The third kappa shape index (κ3) is 4.70. The van der Waals surface area contributed by atoms with E-state index in [9.17, 15) is 4.79 Å². The predicted molar refractivity (Wildman–Crippen MR) is 116 cm³/mol. The Morgan fingerprint density at radius 1 is 1.27 bits per heavy atom. The third-order valence-electron chi connectivity index (χ3n) is 5.31. The lowest BCUT2D eigenvalue weighted by atomic mass is 10.2. The summed E-state index contributed by atoms with van der Waals surface area (Å²) in [5.41, 5.74) is 0.921. The summed E-state index contributed by atoms with van der Waals surface area (Å²) in [6.45, 7) is 2.40. The Bertz CT molecular complexity index is 963. The second kappa shape index (κ2) is 9.38. The standard InChI is InChI=1S/C22H26N4O3S/c1-15(21(27)23-17-6-3-4-7-17)30-22-25-24-20(16-9-11-18(28-2)12-10-16)26(22)14-19-8-5-13-29-19/h5,8-13,15,17H,3-4,6-7,14H2,1-2H3,(H,23,27). The molecule has 2 aromatic heterocycles. The van der Waals surface area contributed by atoms with Crippen molar-refractivity contribution in [3.8, 4) is 17.1 Å². The van der Waals surface area contributed by atoms with Crippen LogP contribution in [0.3, 0.4) is 0 Å². The van der Waals surface area contributed by atoms with Gasteiger partial charge in [0.05, 0.1) is 25.2 Å². The van der Waals surface area contributed by atoms with Crippen LogP contribution < -0.4 is 10.1 Å². The van der Waals surface area contributed by atoms with Crippen molar-refractivity contribution in [1.82, 2.24) is 20.1 Å². The molecule has 3 aromatic rings. The van der Waals surface area contributed by atoms with Crippen molar-refractivity contribution in [3.05, 3.63) is 48.4 Å². The molecule has 1 aliphatic rings. The molecule has 2 heterocycles. The summed E-state index contributed by atoms with van der Waals surface area (Å²) < 4.78 is 12.8. The summed E-state index contributed by atoms with van der Waals surface area (Å²) in [7, 11) is 1.64. The van der Waals surface area contributed by atoms with Crippen LogP contribution in [0.15, 0.2) is 52.2 Å². The fourth-order valence-corrected chi connectivity index (χ4v) is 4.49. The molecule has 1 saturated carbocycles. The summed E-state index contributed by atoms with van der Waals surface area (Å²) in [5, 5.41) is 12.4. The van der Waals surface area contributed by atoms with E-state index in [4.69, 9.17) is 9.15 Å². The van der Waals surface area contributed by atoms with Gasteiger partial charge in [-0.05, 0) is 56.2 Å². The fourth-order valence-electron chi connectivity index (χ4n) is 3.63. The lowest BCUT2D eigenvalue weighted by Gasteiger charge is -2.16. The Balaban J connectivity index is 1.56. The van der Waals surface area contributed by atoms with Crippen molar-refractivity contribution in [3.63, 3.8) is 0 Å². The van der Waals surface area contributed by atoms with Crippen molar-refractivity contribution in [2.24, 2.45) is 0 Å². The SMILES string of the molecule is COc1ccc(-c2nnc(SC(C)C(=O)NC3CCCC3)n2Cc2ccco2)cc1. The molecule has 1 N–H and O–H groups in total. The highest BCUT2D eigenvalue weighted by molar-refractivity contribution is 8.00. The molecule has 1 atom stereocenters. The van der Waals surface area contributed by atoms with Crippen LogP contribution in [0.4, 0.5) is 0 Å². The van der Waals surface area contributed by atoms with Crippen molar-refractivity contribution >= 4 is 17.7 Å². The van der Waals surface area contributed by atoms with E-state index in [1.165, 1.54) is 24.6 Å². The lowest BCUT2D eigenvalue weighted by Crippen LogP contribution is -2.37. The molecular weight excluding hydrogens is 400 g/mol. The van der Waals surface area contributed by atoms with Crippen LogP contribution in [-0.2, 0) is 11.3 Å². The molecule has 30 heavy (non-hydrogen) atoms. The molecule has 1 unspecified atom stereocenters. The van der Waals surface area contributed by atoms with Crippen LogP contribution in [-0.4, -0.2) is 39.1 Å². The molecule has 0 bridgehead atoms. The van der Waals surface area contributed by atoms with E-state index < -0.39 is 0 Å². The summed E-state index contributed by atoms with van der Waals surface area (Å²) in [6.07, 6.45) is 6.17. The number of aromatic nitrogens is 3. The van der Waals surface area contributed by atoms with Crippen LogP contribution in [0.1, 0.15) is 38.4 Å². The minimum Gasteiger partial charge on any atom is -0.497 e. The quantitative estimate of drug-likeness (QED) is 0.545. The number of carbonyl (C=O) groups is 1. The van der Waals surface area contributed by atoms with Crippen LogP contribution in [0.2, 0.25) is 0 Å². The summed E-state index contributed by atoms with van der Waals surface area (Å²) in [6, 6.07) is 11.8. The van der Waals surface area contributed by atoms with Crippen molar-refractivity contribution in [1.29, 1.82) is 0 Å². The predicted octanol–water partition coefficient (Wildman–Crippen LogP) is 4.13. The molecule has 1 fully saturated rings. The molecule has 7 nitrogen and oxygen atoms in total. The first-order valence-corrected chi connectivity index (χ1v) is 11.1. The van der Waals surface area contributed by atoms with Gasteiger partial charge in [-0.25, -0.2) is 0 Å². The number of nitrogens with one attached hydrogen (secondary N) is 1.